The zero-order valence-corrected chi connectivity index (χ0v) is 8.22. The summed E-state index contributed by atoms with van der Waals surface area (Å²) < 4.78 is 4.43. The maximum atomic E-state index is 10.8. The van der Waals surface area contributed by atoms with Crippen molar-refractivity contribution in [2.45, 2.75) is 25.8 Å². The van der Waals surface area contributed by atoms with Crippen LogP contribution in [-0.4, -0.2) is 31.1 Å². The van der Waals surface area contributed by atoms with Crippen LogP contribution in [0.4, 0.5) is 0 Å². The van der Waals surface area contributed by atoms with Crippen molar-refractivity contribution in [2.75, 3.05) is 13.7 Å². The molecule has 5 nitrogen and oxygen atoms in total. The van der Waals surface area contributed by atoms with Crippen molar-refractivity contribution in [3.05, 3.63) is 0 Å². The molecule has 0 fully saturated rings. The summed E-state index contributed by atoms with van der Waals surface area (Å²) in [5, 5.41) is 2.85. The van der Waals surface area contributed by atoms with Crippen molar-refractivity contribution in [2.24, 2.45) is 5.73 Å². The summed E-state index contributed by atoms with van der Waals surface area (Å²) in [4.78, 5) is 21.5. The molecular formula is C8H16N2O3. The van der Waals surface area contributed by atoms with E-state index in [9.17, 15) is 9.59 Å². The molecule has 0 heterocycles. The van der Waals surface area contributed by atoms with Gasteiger partial charge in [-0.05, 0) is 13.8 Å². The molecule has 0 saturated carbocycles. The largest absolute Gasteiger partial charge is 0.469 e. The van der Waals surface area contributed by atoms with Crippen LogP contribution in [0.1, 0.15) is 20.3 Å². The van der Waals surface area contributed by atoms with E-state index in [-0.39, 0.29) is 12.4 Å². The average Bonchev–Trinajstić information content (AvgIpc) is 2.03. The molecule has 0 radical (unpaired) electrons. The molecule has 0 aromatic rings. The second-order valence-electron chi connectivity index (χ2n) is 3.24. The summed E-state index contributed by atoms with van der Waals surface area (Å²) in [6.07, 6.45) is 0.229. The lowest BCUT2D eigenvalue weighted by Gasteiger charge is -2.21. The first-order valence-electron chi connectivity index (χ1n) is 4.02. The van der Waals surface area contributed by atoms with Gasteiger partial charge in [0, 0.05) is 6.54 Å². The van der Waals surface area contributed by atoms with Gasteiger partial charge in [0.1, 0.15) is 0 Å². The van der Waals surface area contributed by atoms with Crippen LogP contribution in [0, 0.1) is 0 Å². The lowest BCUT2D eigenvalue weighted by Crippen LogP contribution is -2.51. The molecule has 76 valence electrons. The number of esters is 1. The van der Waals surface area contributed by atoms with E-state index >= 15 is 0 Å². The van der Waals surface area contributed by atoms with Gasteiger partial charge in [-0.1, -0.05) is 0 Å². The third-order valence-electron chi connectivity index (χ3n) is 1.74. The van der Waals surface area contributed by atoms with E-state index in [4.69, 9.17) is 5.73 Å². The molecule has 1 amide bonds. The fourth-order valence-corrected chi connectivity index (χ4v) is 0.666. The number of nitrogens with one attached hydrogen (secondary N) is 1. The summed E-state index contributed by atoms with van der Waals surface area (Å²) in [7, 11) is 1.32. The minimum absolute atomic E-state index is 0.229. The molecule has 0 rings (SSSR count). The van der Waals surface area contributed by atoms with Crippen LogP contribution in [0.25, 0.3) is 0 Å². The monoisotopic (exact) mass is 188 g/mol. The van der Waals surface area contributed by atoms with Gasteiger partial charge in [-0.3, -0.25) is 9.59 Å². The van der Waals surface area contributed by atoms with Gasteiger partial charge in [-0.2, -0.15) is 0 Å². The molecule has 0 saturated heterocycles. The van der Waals surface area contributed by atoms with Gasteiger partial charge >= 0.3 is 5.97 Å². The van der Waals surface area contributed by atoms with Crippen LogP contribution in [-0.2, 0) is 14.3 Å². The molecule has 5 heteroatoms. The average molecular weight is 188 g/mol. The summed E-state index contributed by atoms with van der Waals surface area (Å²) in [5.41, 5.74) is 4.32. The highest BCUT2D eigenvalue weighted by Crippen LogP contribution is 1.99. The lowest BCUT2D eigenvalue weighted by atomic mass is 10.1. The summed E-state index contributed by atoms with van der Waals surface area (Å²) in [6, 6.07) is 0. The Morgan fingerprint density at radius 3 is 2.38 bits per heavy atom. The lowest BCUT2D eigenvalue weighted by molar-refractivity contribution is -0.140. The SMILES string of the molecule is COC(=O)CCNC(C)(C)C(N)=O. The van der Waals surface area contributed by atoms with Crippen molar-refractivity contribution in [3.8, 4) is 0 Å². The van der Waals surface area contributed by atoms with Crippen LogP contribution >= 0.6 is 0 Å². The van der Waals surface area contributed by atoms with E-state index < -0.39 is 11.4 Å². The van der Waals surface area contributed by atoms with Gasteiger partial charge < -0.3 is 15.8 Å². The second kappa shape index (κ2) is 4.81. The third-order valence-corrected chi connectivity index (χ3v) is 1.74. The number of amides is 1. The van der Waals surface area contributed by atoms with Crippen molar-refractivity contribution < 1.29 is 14.3 Å². The van der Waals surface area contributed by atoms with Gasteiger partial charge in [0.15, 0.2) is 0 Å². The minimum Gasteiger partial charge on any atom is -0.469 e. The van der Waals surface area contributed by atoms with Crippen molar-refractivity contribution >= 4 is 11.9 Å². The Kier molecular flexibility index (Phi) is 4.40. The highest BCUT2D eigenvalue weighted by molar-refractivity contribution is 5.83. The number of rotatable bonds is 5. The Morgan fingerprint density at radius 1 is 1.46 bits per heavy atom. The molecule has 13 heavy (non-hydrogen) atoms. The summed E-state index contributed by atoms with van der Waals surface area (Å²) in [5.74, 6) is -0.759. The number of primary amides is 1. The molecule has 0 aromatic heterocycles. The van der Waals surface area contributed by atoms with E-state index in [0.717, 1.165) is 0 Å². The van der Waals surface area contributed by atoms with Crippen LogP contribution in [0.2, 0.25) is 0 Å². The normalized spacial score (nSPS) is 11.0. The van der Waals surface area contributed by atoms with E-state index in [1.165, 1.54) is 7.11 Å². The predicted octanol–water partition coefficient (Wildman–Crippen LogP) is -0.597. The summed E-state index contributed by atoms with van der Waals surface area (Å²) in [6.45, 7) is 3.70. The highest BCUT2D eigenvalue weighted by atomic mass is 16.5. The number of ether oxygens (including phenoxy) is 1. The molecule has 3 N–H and O–H groups in total. The highest BCUT2D eigenvalue weighted by Gasteiger charge is 2.23. The van der Waals surface area contributed by atoms with Crippen molar-refractivity contribution in [1.82, 2.24) is 5.32 Å². The van der Waals surface area contributed by atoms with Crippen LogP contribution in [0.15, 0.2) is 0 Å². The smallest absolute Gasteiger partial charge is 0.306 e. The molecule has 0 bridgehead atoms. The van der Waals surface area contributed by atoms with Gasteiger partial charge in [0.25, 0.3) is 0 Å². The van der Waals surface area contributed by atoms with Crippen LogP contribution < -0.4 is 11.1 Å². The molecule has 0 aliphatic rings. The Hall–Kier alpha value is -1.10. The minimum atomic E-state index is -0.784. The van der Waals surface area contributed by atoms with Crippen molar-refractivity contribution in [3.63, 3.8) is 0 Å². The Morgan fingerprint density at radius 2 is 2.00 bits per heavy atom. The fourth-order valence-electron chi connectivity index (χ4n) is 0.666. The van der Waals surface area contributed by atoms with E-state index in [0.29, 0.717) is 6.54 Å². The van der Waals surface area contributed by atoms with Gasteiger partial charge in [0.2, 0.25) is 5.91 Å². The molecule has 0 spiro atoms. The molecule has 0 aromatic carbocycles. The number of hydrogen-bond donors (Lipinski definition) is 2. The van der Waals surface area contributed by atoms with E-state index in [1.54, 1.807) is 13.8 Å². The first-order chi connectivity index (χ1) is 5.90. The predicted molar refractivity (Wildman–Crippen MR) is 47.9 cm³/mol. The number of nitrogens with two attached hydrogens (primary N) is 1. The Balaban J connectivity index is 3.76. The van der Waals surface area contributed by atoms with Gasteiger partial charge in [0.05, 0.1) is 19.1 Å². The number of hydrogen-bond acceptors (Lipinski definition) is 4. The van der Waals surface area contributed by atoms with Gasteiger partial charge in [-0.25, -0.2) is 0 Å². The maximum absolute atomic E-state index is 10.8. The third kappa shape index (κ3) is 4.47. The molecule has 0 atom stereocenters. The molecule has 0 aliphatic carbocycles. The molecule has 0 unspecified atom stereocenters. The second-order valence-corrected chi connectivity index (χ2v) is 3.24. The zero-order valence-electron chi connectivity index (χ0n) is 8.22. The Bertz CT molecular complexity index is 202. The van der Waals surface area contributed by atoms with Crippen LogP contribution in [0.5, 0.6) is 0 Å². The number of carbonyl (C=O) groups is 2. The zero-order chi connectivity index (χ0) is 10.5. The van der Waals surface area contributed by atoms with Crippen molar-refractivity contribution in [1.29, 1.82) is 0 Å². The first-order valence-corrected chi connectivity index (χ1v) is 4.02. The summed E-state index contributed by atoms with van der Waals surface area (Å²) >= 11 is 0. The molecule has 0 aliphatic heterocycles. The maximum Gasteiger partial charge on any atom is 0.306 e. The first kappa shape index (κ1) is 11.9. The number of methoxy groups -OCH3 is 1. The topological polar surface area (TPSA) is 81.4 Å². The Labute approximate surface area is 77.6 Å². The number of carbonyl (C=O) groups excluding carboxylic acids is 2. The van der Waals surface area contributed by atoms with Crippen LogP contribution in [0.3, 0.4) is 0 Å². The van der Waals surface area contributed by atoms with E-state index in [2.05, 4.69) is 10.1 Å². The quantitative estimate of drug-likeness (QED) is 0.565. The van der Waals surface area contributed by atoms with Gasteiger partial charge in [-0.15, -0.1) is 0 Å². The standard InChI is InChI=1S/C8H16N2O3/c1-8(2,7(9)12)10-5-4-6(11)13-3/h10H,4-5H2,1-3H3,(H2,9,12). The molecular weight excluding hydrogens is 172 g/mol. The van der Waals surface area contributed by atoms with E-state index in [1.807, 2.05) is 0 Å². The fraction of sp³-hybridized carbons (Fsp3) is 0.750.